The summed E-state index contributed by atoms with van der Waals surface area (Å²) >= 11 is 0. The lowest BCUT2D eigenvalue weighted by Gasteiger charge is -2.33. The van der Waals surface area contributed by atoms with Crippen molar-refractivity contribution in [2.24, 2.45) is 0 Å². The Labute approximate surface area is 133 Å². The molecule has 1 heteroatoms. The molecule has 1 heterocycles. The van der Waals surface area contributed by atoms with Crippen LogP contribution in [0.15, 0.2) is 72.8 Å². The molecule has 1 atom stereocenters. The normalized spacial score (nSPS) is 20.8. The minimum absolute atomic E-state index is 0.107. The number of rotatable bonds is 3. The molecule has 0 aliphatic carbocycles. The van der Waals surface area contributed by atoms with Crippen LogP contribution in [-0.4, -0.2) is 11.7 Å². The number of hydrogen-bond donors (Lipinski definition) is 0. The molecule has 1 aliphatic heterocycles. The average Bonchev–Trinajstić information content (AvgIpc) is 2.53. The van der Waals surface area contributed by atoms with Crippen LogP contribution in [0, 0.1) is 0 Å². The van der Waals surface area contributed by atoms with Gasteiger partial charge in [0, 0.05) is 6.42 Å². The van der Waals surface area contributed by atoms with Gasteiger partial charge in [0.15, 0.2) is 0 Å². The second-order valence-electron chi connectivity index (χ2n) is 6.27. The summed E-state index contributed by atoms with van der Waals surface area (Å²) in [7, 11) is 0. The van der Waals surface area contributed by atoms with Crippen molar-refractivity contribution in [1.29, 1.82) is 0 Å². The van der Waals surface area contributed by atoms with Crippen molar-refractivity contribution in [1.82, 2.24) is 0 Å². The van der Waals surface area contributed by atoms with E-state index in [0.29, 0.717) is 0 Å². The third-order valence-corrected chi connectivity index (χ3v) is 3.85. The van der Waals surface area contributed by atoms with Crippen LogP contribution in [0.1, 0.15) is 31.4 Å². The zero-order valence-corrected chi connectivity index (χ0v) is 13.2. The van der Waals surface area contributed by atoms with Crippen molar-refractivity contribution < 1.29 is 4.74 Å². The zero-order valence-electron chi connectivity index (χ0n) is 13.2. The summed E-state index contributed by atoms with van der Waals surface area (Å²) in [4.78, 5) is 0. The Morgan fingerprint density at radius 2 is 1.59 bits per heavy atom. The van der Waals surface area contributed by atoms with Gasteiger partial charge in [0.2, 0.25) is 0 Å². The molecule has 0 amide bonds. The molecule has 0 N–H and O–H groups in total. The van der Waals surface area contributed by atoms with E-state index in [9.17, 15) is 0 Å². The van der Waals surface area contributed by atoms with Crippen LogP contribution in [0.5, 0.6) is 0 Å². The molecular weight excluding hydrogens is 268 g/mol. The molecule has 1 unspecified atom stereocenters. The lowest BCUT2D eigenvalue weighted by Crippen LogP contribution is -2.32. The standard InChI is InChI=1S/C21H22O/c1-21(2)16-19(18-11-7-4-8-12-18)15-20(22-21)14-13-17-9-5-3-6-10-17/h3-14,16,20H,15H2,1-2H3/b14-13+. The smallest absolute Gasteiger partial charge is 0.0820 e. The first kappa shape index (κ1) is 14.8. The summed E-state index contributed by atoms with van der Waals surface area (Å²) < 4.78 is 6.18. The lowest BCUT2D eigenvalue weighted by molar-refractivity contribution is -0.0219. The summed E-state index contributed by atoms with van der Waals surface area (Å²) in [6.45, 7) is 4.25. The van der Waals surface area contributed by atoms with E-state index in [4.69, 9.17) is 4.74 Å². The maximum absolute atomic E-state index is 6.18. The van der Waals surface area contributed by atoms with E-state index in [1.165, 1.54) is 16.7 Å². The molecule has 0 bridgehead atoms. The highest BCUT2D eigenvalue weighted by molar-refractivity contribution is 5.68. The predicted octanol–water partition coefficient (Wildman–Crippen LogP) is 5.35. The van der Waals surface area contributed by atoms with Crippen LogP contribution in [-0.2, 0) is 4.74 Å². The van der Waals surface area contributed by atoms with Gasteiger partial charge in [-0.15, -0.1) is 0 Å². The Hall–Kier alpha value is -2.12. The first-order chi connectivity index (χ1) is 10.6. The second-order valence-corrected chi connectivity index (χ2v) is 6.27. The highest BCUT2D eigenvalue weighted by atomic mass is 16.5. The molecule has 1 nitrogen and oxygen atoms in total. The molecule has 0 aromatic heterocycles. The molecule has 3 rings (SSSR count). The van der Waals surface area contributed by atoms with Gasteiger partial charge in [-0.25, -0.2) is 0 Å². The molecule has 1 aliphatic rings. The van der Waals surface area contributed by atoms with E-state index in [1.54, 1.807) is 0 Å². The first-order valence-electron chi connectivity index (χ1n) is 7.81. The van der Waals surface area contributed by atoms with E-state index >= 15 is 0 Å². The highest BCUT2D eigenvalue weighted by Crippen LogP contribution is 2.33. The first-order valence-corrected chi connectivity index (χ1v) is 7.81. The third kappa shape index (κ3) is 3.75. The van der Waals surface area contributed by atoms with Crippen molar-refractivity contribution >= 4 is 11.6 Å². The fraction of sp³-hybridized carbons (Fsp3) is 0.238. The van der Waals surface area contributed by atoms with Crippen LogP contribution in [0.3, 0.4) is 0 Å². The van der Waals surface area contributed by atoms with Crippen LogP contribution < -0.4 is 0 Å². The number of hydrogen-bond acceptors (Lipinski definition) is 1. The maximum Gasteiger partial charge on any atom is 0.0820 e. The van der Waals surface area contributed by atoms with Gasteiger partial charge in [-0.3, -0.25) is 0 Å². The summed E-state index contributed by atoms with van der Waals surface area (Å²) in [5.74, 6) is 0. The van der Waals surface area contributed by atoms with Gasteiger partial charge >= 0.3 is 0 Å². The Morgan fingerprint density at radius 1 is 0.955 bits per heavy atom. The van der Waals surface area contributed by atoms with Gasteiger partial charge < -0.3 is 4.74 Å². The zero-order chi connectivity index (χ0) is 15.4. The third-order valence-electron chi connectivity index (χ3n) is 3.85. The van der Waals surface area contributed by atoms with E-state index < -0.39 is 0 Å². The molecule has 112 valence electrons. The van der Waals surface area contributed by atoms with Crippen LogP contribution in [0.25, 0.3) is 11.6 Å². The van der Waals surface area contributed by atoms with E-state index in [1.807, 2.05) is 6.07 Å². The minimum atomic E-state index is -0.241. The van der Waals surface area contributed by atoms with Gasteiger partial charge in [-0.1, -0.05) is 72.8 Å². The van der Waals surface area contributed by atoms with E-state index in [0.717, 1.165) is 6.42 Å². The summed E-state index contributed by atoms with van der Waals surface area (Å²) in [5, 5.41) is 0. The Kier molecular flexibility index (Phi) is 4.26. The van der Waals surface area contributed by atoms with Gasteiger partial charge in [0.25, 0.3) is 0 Å². The molecule has 0 spiro atoms. The Bertz CT molecular complexity index is 666. The molecule has 2 aromatic rings. The molecular formula is C21H22O. The van der Waals surface area contributed by atoms with Gasteiger partial charge in [0.05, 0.1) is 11.7 Å². The number of ether oxygens (including phenoxy) is 1. The highest BCUT2D eigenvalue weighted by Gasteiger charge is 2.27. The summed E-state index contributed by atoms with van der Waals surface area (Å²) in [6, 6.07) is 20.9. The molecule has 22 heavy (non-hydrogen) atoms. The summed E-state index contributed by atoms with van der Waals surface area (Å²) in [5.41, 5.74) is 3.62. The molecule has 0 saturated heterocycles. The SMILES string of the molecule is CC1(C)C=C(c2ccccc2)CC(/C=C/c2ccccc2)O1. The fourth-order valence-corrected chi connectivity index (χ4v) is 2.90. The second kappa shape index (κ2) is 6.33. The topological polar surface area (TPSA) is 9.23 Å². The fourth-order valence-electron chi connectivity index (χ4n) is 2.90. The van der Waals surface area contributed by atoms with Gasteiger partial charge in [-0.05, 0) is 36.6 Å². The lowest BCUT2D eigenvalue weighted by atomic mass is 9.91. The molecule has 0 saturated carbocycles. The van der Waals surface area contributed by atoms with E-state index in [-0.39, 0.29) is 11.7 Å². The van der Waals surface area contributed by atoms with Crippen molar-refractivity contribution in [3.8, 4) is 0 Å². The monoisotopic (exact) mass is 290 g/mol. The Balaban J connectivity index is 1.81. The van der Waals surface area contributed by atoms with Crippen molar-refractivity contribution in [2.75, 3.05) is 0 Å². The molecule has 0 radical (unpaired) electrons. The average molecular weight is 290 g/mol. The van der Waals surface area contributed by atoms with Crippen LogP contribution >= 0.6 is 0 Å². The van der Waals surface area contributed by atoms with Gasteiger partial charge in [0.1, 0.15) is 0 Å². The summed E-state index contributed by atoms with van der Waals surface area (Å²) in [6.07, 6.45) is 7.59. The quantitative estimate of drug-likeness (QED) is 0.740. The predicted molar refractivity (Wildman–Crippen MR) is 93.5 cm³/mol. The molecule has 2 aromatic carbocycles. The largest absolute Gasteiger partial charge is 0.364 e. The minimum Gasteiger partial charge on any atom is -0.364 e. The van der Waals surface area contributed by atoms with Crippen molar-refractivity contribution in [2.45, 2.75) is 32.0 Å². The van der Waals surface area contributed by atoms with E-state index in [2.05, 4.69) is 86.7 Å². The molecule has 0 fully saturated rings. The van der Waals surface area contributed by atoms with Crippen molar-refractivity contribution in [3.05, 3.63) is 83.9 Å². The van der Waals surface area contributed by atoms with Crippen molar-refractivity contribution in [3.63, 3.8) is 0 Å². The van der Waals surface area contributed by atoms with Crippen LogP contribution in [0.4, 0.5) is 0 Å². The Morgan fingerprint density at radius 3 is 2.27 bits per heavy atom. The van der Waals surface area contributed by atoms with Crippen LogP contribution in [0.2, 0.25) is 0 Å². The van der Waals surface area contributed by atoms with Gasteiger partial charge in [-0.2, -0.15) is 0 Å². The maximum atomic E-state index is 6.18. The number of benzene rings is 2.